The third-order valence-electron chi connectivity index (χ3n) is 2.42. The van der Waals surface area contributed by atoms with E-state index in [1.807, 2.05) is 12.1 Å². The standard InChI is InChI=1S/C14H15N3O/c1-14(2,3)8-12-16-13(18-17-12)11-6-4-10(9-15)5-7-11/h4-7H,8H2,1-3H3. The molecule has 0 amide bonds. The van der Waals surface area contributed by atoms with Crippen molar-refractivity contribution < 1.29 is 4.52 Å². The van der Waals surface area contributed by atoms with E-state index in [9.17, 15) is 0 Å². The molecule has 4 nitrogen and oxygen atoms in total. The van der Waals surface area contributed by atoms with Crippen LogP contribution in [0.15, 0.2) is 28.8 Å². The molecule has 0 aliphatic heterocycles. The zero-order valence-electron chi connectivity index (χ0n) is 10.8. The normalized spacial score (nSPS) is 11.2. The van der Waals surface area contributed by atoms with E-state index in [0.717, 1.165) is 12.0 Å². The van der Waals surface area contributed by atoms with Crippen molar-refractivity contribution in [2.24, 2.45) is 5.41 Å². The van der Waals surface area contributed by atoms with E-state index in [1.54, 1.807) is 12.1 Å². The van der Waals surface area contributed by atoms with Gasteiger partial charge in [0.1, 0.15) is 0 Å². The molecule has 0 bridgehead atoms. The van der Waals surface area contributed by atoms with Crippen LogP contribution in [0.2, 0.25) is 0 Å². The molecule has 0 spiro atoms. The summed E-state index contributed by atoms with van der Waals surface area (Å²) in [6.45, 7) is 6.39. The van der Waals surface area contributed by atoms with Gasteiger partial charge in [0.05, 0.1) is 11.6 Å². The lowest BCUT2D eigenvalue weighted by molar-refractivity contribution is 0.374. The van der Waals surface area contributed by atoms with Gasteiger partial charge < -0.3 is 4.52 Å². The fourth-order valence-corrected chi connectivity index (χ4v) is 1.60. The first-order valence-electron chi connectivity index (χ1n) is 5.81. The van der Waals surface area contributed by atoms with Crippen molar-refractivity contribution in [3.8, 4) is 17.5 Å². The second-order valence-corrected chi connectivity index (χ2v) is 5.44. The molecule has 0 saturated heterocycles. The fraction of sp³-hybridized carbons (Fsp3) is 0.357. The molecule has 18 heavy (non-hydrogen) atoms. The summed E-state index contributed by atoms with van der Waals surface area (Å²) < 4.78 is 5.23. The van der Waals surface area contributed by atoms with Crippen molar-refractivity contribution in [1.82, 2.24) is 10.1 Å². The summed E-state index contributed by atoms with van der Waals surface area (Å²) in [5.74, 6) is 1.21. The number of aromatic nitrogens is 2. The second-order valence-electron chi connectivity index (χ2n) is 5.44. The van der Waals surface area contributed by atoms with Crippen LogP contribution in [0, 0.1) is 16.7 Å². The number of rotatable bonds is 2. The molecule has 0 aliphatic rings. The van der Waals surface area contributed by atoms with Crippen molar-refractivity contribution in [2.45, 2.75) is 27.2 Å². The molecule has 1 heterocycles. The molecule has 92 valence electrons. The quantitative estimate of drug-likeness (QED) is 0.810. The van der Waals surface area contributed by atoms with Crippen molar-refractivity contribution in [1.29, 1.82) is 5.26 Å². The predicted octanol–water partition coefficient (Wildman–Crippen LogP) is 3.20. The molecule has 2 aromatic rings. The minimum absolute atomic E-state index is 0.131. The SMILES string of the molecule is CC(C)(C)Cc1noc(-c2ccc(C#N)cc2)n1. The van der Waals surface area contributed by atoms with Crippen LogP contribution in [0.4, 0.5) is 0 Å². The summed E-state index contributed by atoms with van der Waals surface area (Å²) in [6, 6.07) is 9.18. The van der Waals surface area contributed by atoms with Gasteiger partial charge in [0.2, 0.25) is 0 Å². The lowest BCUT2D eigenvalue weighted by Gasteiger charge is -2.14. The van der Waals surface area contributed by atoms with Gasteiger partial charge in [0, 0.05) is 12.0 Å². The number of hydrogen-bond acceptors (Lipinski definition) is 4. The van der Waals surface area contributed by atoms with Gasteiger partial charge in [-0.15, -0.1) is 0 Å². The Hall–Kier alpha value is -2.15. The van der Waals surface area contributed by atoms with E-state index in [0.29, 0.717) is 17.3 Å². The van der Waals surface area contributed by atoms with Gasteiger partial charge >= 0.3 is 0 Å². The van der Waals surface area contributed by atoms with E-state index in [1.165, 1.54) is 0 Å². The van der Waals surface area contributed by atoms with Gasteiger partial charge in [0.15, 0.2) is 5.82 Å². The predicted molar refractivity (Wildman–Crippen MR) is 67.6 cm³/mol. The molecular formula is C14H15N3O. The highest BCUT2D eigenvalue weighted by Crippen LogP contribution is 2.22. The fourth-order valence-electron chi connectivity index (χ4n) is 1.60. The maximum Gasteiger partial charge on any atom is 0.257 e. The van der Waals surface area contributed by atoms with Crippen LogP contribution in [0.3, 0.4) is 0 Å². The summed E-state index contributed by atoms with van der Waals surface area (Å²) in [7, 11) is 0. The van der Waals surface area contributed by atoms with Crippen molar-refractivity contribution in [3.05, 3.63) is 35.7 Å². The number of hydrogen-bond donors (Lipinski definition) is 0. The first-order valence-corrected chi connectivity index (χ1v) is 5.81. The molecule has 0 aliphatic carbocycles. The Labute approximate surface area is 106 Å². The van der Waals surface area contributed by atoms with Crippen molar-refractivity contribution in [2.75, 3.05) is 0 Å². The molecule has 1 aromatic carbocycles. The third-order valence-corrected chi connectivity index (χ3v) is 2.42. The Bertz CT molecular complexity index is 570. The topological polar surface area (TPSA) is 62.7 Å². The van der Waals surface area contributed by atoms with E-state index in [4.69, 9.17) is 9.78 Å². The average molecular weight is 241 g/mol. The lowest BCUT2D eigenvalue weighted by Crippen LogP contribution is -2.10. The van der Waals surface area contributed by atoms with E-state index in [2.05, 4.69) is 37.0 Å². The van der Waals surface area contributed by atoms with Crippen LogP contribution in [0.1, 0.15) is 32.2 Å². The summed E-state index contributed by atoms with van der Waals surface area (Å²) >= 11 is 0. The van der Waals surface area contributed by atoms with Gasteiger partial charge in [-0.25, -0.2) is 0 Å². The average Bonchev–Trinajstić information content (AvgIpc) is 2.75. The van der Waals surface area contributed by atoms with Gasteiger partial charge in [-0.05, 0) is 29.7 Å². The van der Waals surface area contributed by atoms with Crippen LogP contribution in [-0.2, 0) is 6.42 Å². The Morgan fingerprint density at radius 2 is 1.89 bits per heavy atom. The first kappa shape index (κ1) is 12.3. The highest BCUT2D eigenvalue weighted by molar-refractivity contribution is 5.54. The smallest absolute Gasteiger partial charge is 0.257 e. The Morgan fingerprint density at radius 3 is 2.44 bits per heavy atom. The molecule has 0 saturated carbocycles. The maximum absolute atomic E-state index is 8.73. The Kier molecular flexibility index (Phi) is 3.15. The highest BCUT2D eigenvalue weighted by atomic mass is 16.5. The molecular weight excluding hydrogens is 226 g/mol. The zero-order chi connectivity index (χ0) is 13.2. The van der Waals surface area contributed by atoms with Crippen molar-refractivity contribution in [3.63, 3.8) is 0 Å². The number of nitrogens with zero attached hydrogens (tertiary/aromatic N) is 3. The minimum Gasteiger partial charge on any atom is -0.334 e. The maximum atomic E-state index is 8.73. The monoisotopic (exact) mass is 241 g/mol. The van der Waals surface area contributed by atoms with Gasteiger partial charge in [0.25, 0.3) is 5.89 Å². The zero-order valence-corrected chi connectivity index (χ0v) is 10.8. The molecule has 4 heteroatoms. The minimum atomic E-state index is 0.131. The van der Waals surface area contributed by atoms with E-state index < -0.39 is 0 Å². The molecule has 0 radical (unpaired) electrons. The van der Waals surface area contributed by atoms with E-state index >= 15 is 0 Å². The molecule has 0 unspecified atom stereocenters. The van der Waals surface area contributed by atoms with E-state index in [-0.39, 0.29) is 5.41 Å². The van der Waals surface area contributed by atoms with Crippen LogP contribution in [0.5, 0.6) is 0 Å². The second kappa shape index (κ2) is 4.61. The van der Waals surface area contributed by atoms with Crippen LogP contribution in [0.25, 0.3) is 11.5 Å². The van der Waals surface area contributed by atoms with Crippen LogP contribution >= 0.6 is 0 Å². The molecule has 0 N–H and O–H groups in total. The lowest BCUT2D eigenvalue weighted by atomic mass is 9.92. The number of nitriles is 1. The molecule has 1 aromatic heterocycles. The summed E-state index contributed by atoms with van der Waals surface area (Å²) in [5.41, 5.74) is 1.58. The molecule has 0 fully saturated rings. The Morgan fingerprint density at radius 1 is 1.22 bits per heavy atom. The third kappa shape index (κ3) is 2.95. The summed E-state index contributed by atoms with van der Waals surface area (Å²) in [4.78, 5) is 4.36. The number of benzene rings is 1. The van der Waals surface area contributed by atoms with Crippen molar-refractivity contribution >= 4 is 0 Å². The van der Waals surface area contributed by atoms with Gasteiger partial charge in [-0.2, -0.15) is 10.2 Å². The Balaban J connectivity index is 2.21. The largest absolute Gasteiger partial charge is 0.334 e. The first-order chi connectivity index (χ1) is 8.48. The highest BCUT2D eigenvalue weighted by Gasteiger charge is 2.16. The van der Waals surface area contributed by atoms with Crippen LogP contribution < -0.4 is 0 Å². The summed E-state index contributed by atoms with van der Waals surface area (Å²) in [6.07, 6.45) is 0.771. The van der Waals surface area contributed by atoms with Crippen LogP contribution in [-0.4, -0.2) is 10.1 Å². The van der Waals surface area contributed by atoms with Gasteiger partial charge in [-0.3, -0.25) is 0 Å². The van der Waals surface area contributed by atoms with Gasteiger partial charge in [-0.1, -0.05) is 25.9 Å². The molecule has 2 rings (SSSR count). The summed E-state index contributed by atoms with van der Waals surface area (Å²) in [5, 5.41) is 12.7. The molecule has 0 atom stereocenters.